The van der Waals surface area contributed by atoms with Crippen LogP contribution in [0.4, 0.5) is 10.1 Å². The van der Waals surface area contributed by atoms with Crippen LogP contribution in [-0.4, -0.2) is 19.9 Å². The van der Waals surface area contributed by atoms with E-state index in [-0.39, 0.29) is 5.82 Å². The quantitative estimate of drug-likeness (QED) is 0.545. The van der Waals surface area contributed by atoms with Crippen molar-refractivity contribution < 1.29 is 9.18 Å². The SMILES string of the molecule is CCCCCN(C)c1c(F)cccc1C=O. The van der Waals surface area contributed by atoms with Crippen LogP contribution in [0, 0.1) is 5.82 Å². The number of carbonyl (C=O) groups excluding carboxylic acids is 1. The van der Waals surface area contributed by atoms with Crippen LogP contribution in [0.1, 0.15) is 36.5 Å². The standard InChI is InChI=1S/C13H18FNO/c1-3-4-5-9-15(2)13-11(10-16)7-6-8-12(13)14/h6-8,10H,3-5,9H2,1-2H3. The monoisotopic (exact) mass is 223 g/mol. The molecule has 2 nitrogen and oxygen atoms in total. The van der Waals surface area contributed by atoms with Gasteiger partial charge in [0, 0.05) is 19.2 Å². The highest BCUT2D eigenvalue weighted by Crippen LogP contribution is 2.22. The molecule has 0 saturated heterocycles. The van der Waals surface area contributed by atoms with Crippen molar-refractivity contribution in [3.8, 4) is 0 Å². The first-order valence-electron chi connectivity index (χ1n) is 5.65. The Kier molecular flexibility index (Phi) is 4.96. The molecule has 0 fully saturated rings. The van der Waals surface area contributed by atoms with E-state index in [0.717, 1.165) is 25.8 Å². The molecule has 88 valence electrons. The Hall–Kier alpha value is -1.38. The van der Waals surface area contributed by atoms with Crippen molar-refractivity contribution in [3.05, 3.63) is 29.6 Å². The first-order chi connectivity index (χ1) is 7.70. The second-order valence-electron chi connectivity index (χ2n) is 3.92. The van der Waals surface area contributed by atoms with Crippen LogP contribution in [0.2, 0.25) is 0 Å². The average Bonchev–Trinajstić information content (AvgIpc) is 2.28. The molecule has 0 atom stereocenters. The summed E-state index contributed by atoms with van der Waals surface area (Å²) in [7, 11) is 1.82. The van der Waals surface area contributed by atoms with Crippen LogP contribution < -0.4 is 4.90 Å². The van der Waals surface area contributed by atoms with Crippen LogP contribution in [0.15, 0.2) is 18.2 Å². The number of rotatable bonds is 6. The number of benzene rings is 1. The normalized spacial score (nSPS) is 10.2. The lowest BCUT2D eigenvalue weighted by Gasteiger charge is -2.21. The molecule has 16 heavy (non-hydrogen) atoms. The summed E-state index contributed by atoms with van der Waals surface area (Å²) in [5, 5.41) is 0. The molecule has 1 rings (SSSR count). The molecule has 0 amide bonds. The lowest BCUT2D eigenvalue weighted by molar-refractivity contribution is 0.112. The summed E-state index contributed by atoms with van der Waals surface area (Å²) >= 11 is 0. The van der Waals surface area contributed by atoms with Gasteiger partial charge in [-0.25, -0.2) is 4.39 Å². The minimum atomic E-state index is -0.330. The predicted molar refractivity (Wildman–Crippen MR) is 64.6 cm³/mol. The predicted octanol–water partition coefficient (Wildman–Crippen LogP) is 3.26. The molecular formula is C13H18FNO. The van der Waals surface area contributed by atoms with Crippen molar-refractivity contribution in [2.75, 3.05) is 18.5 Å². The van der Waals surface area contributed by atoms with Gasteiger partial charge in [0.1, 0.15) is 5.82 Å². The van der Waals surface area contributed by atoms with Crippen LogP contribution in [-0.2, 0) is 0 Å². The van der Waals surface area contributed by atoms with Crippen molar-refractivity contribution in [1.82, 2.24) is 0 Å². The molecule has 0 unspecified atom stereocenters. The maximum Gasteiger partial charge on any atom is 0.152 e. The fraction of sp³-hybridized carbons (Fsp3) is 0.462. The Morgan fingerprint density at radius 3 is 2.75 bits per heavy atom. The first-order valence-corrected chi connectivity index (χ1v) is 5.65. The fourth-order valence-corrected chi connectivity index (χ4v) is 1.74. The van der Waals surface area contributed by atoms with Gasteiger partial charge in [0.2, 0.25) is 0 Å². The van der Waals surface area contributed by atoms with Gasteiger partial charge in [-0.1, -0.05) is 25.8 Å². The molecule has 0 N–H and O–H groups in total. The number of nitrogens with zero attached hydrogens (tertiary/aromatic N) is 1. The van der Waals surface area contributed by atoms with E-state index in [1.54, 1.807) is 12.1 Å². The first kappa shape index (κ1) is 12.7. The summed E-state index contributed by atoms with van der Waals surface area (Å²) in [6, 6.07) is 4.59. The zero-order valence-electron chi connectivity index (χ0n) is 9.87. The Labute approximate surface area is 96.1 Å². The third-order valence-electron chi connectivity index (χ3n) is 2.62. The second kappa shape index (κ2) is 6.26. The second-order valence-corrected chi connectivity index (χ2v) is 3.92. The number of anilines is 1. The number of hydrogen-bond donors (Lipinski definition) is 0. The van der Waals surface area contributed by atoms with Gasteiger partial charge < -0.3 is 4.90 Å². The van der Waals surface area contributed by atoms with Gasteiger partial charge in [0.15, 0.2) is 6.29 Å². The van der Waals surface area contributed by atoms with Gasteiger partial charge in [-0.3, -0.25) is 4.79 Å². The van der Waals surface area contributed by atoms with Crippen molar-refractivity contribution in [1.29, 1.82) is 0 Å². The maximum absolute atomic E-state index is 13.6. The van der Waals surface area contributed by atoms with E-state index in [4.69, 9.17) is 0 Å². The van der Waals surface area contributed by atoms with Gasteiger partial charge in [0.25, 0.3) is 0 Å². The van der Waals surface area contributed by atoms with Crippen molar-refractivity contribution in [2.24, 2.45) is 0 Å². The van der Waals surface area contributed by atoms with E-state index in [1.807, 2.05) is 11.9 Å². The minimum absolute atomic E-state index is 0.330. The van der Waals surface area contributed by atoms with Crippen LogP contribution in [0.25, 0.3) is 0 Å². The molecular weight excluding hydrogens is 205 g/mol. The summed E-state index contributed by atoms with van der Waals surface area (Å²) in [6.45, 7) is 2.90. The number of carbonyl (C=O) groups is 1. The van der Waals surface area contributed by atoms with E-state index >= 15 is 0 Å². The van der Waals surface area contributed by atoms with E-state index in [9.17, 15) is 9.18 Å². The van der Waals surface area contributed by atoms with E-state index in [1.165, 1.54) is 6.07 Å². The van der Waals surface area contributed by atoms with Gasteiger partial charge in [-0.05, 0) is 18.6 Å². The molecule has 0 aromatic heterocycles. The third-order valence-corrected chi connectivity index (χ3v) is 2.62. The summed E-state index contributed by atoms with van der Waals surface area (Å²) < 4.78 is 13.6. The lowest BCUT2D eigenvalue weighted by Crippen LogP contribution is -2.21. The molecule has 0 spiro atoms. The molecule has 3 heteroatoms. The number of unbranched alkanes of at least 4 members (excludes halogenated alkanes) is 2. The maximum atomic E-state index is 13.6. The molecule has 1 aromatic rings. The number of halogens is 1. The summed E-state index contributed by atoms with van der Waals surface area (Å²) in [5.74, 6) is -0.330. The van der Waals surface area contributed by atoms with Crippen molar-refractivity contribution >= 4 is 12.0 Å². The van der Waals surface area contributed by atoms with Gasteiger partial charge in [-0.2, -0.15) is 0 Å². The van der Waals surface area contributed by atoms with Crippen LogP contribution in [0.5, 0.6) is 0 Å². The number of para-hydroxylation sites is 1. The minimum Gasteiger partial charge on any atom is -0.372 e. The molecule has 0 heterocycles. The Bertz CT molecular complexity index is 352. The van der Waals surface area contributed by atoms with Crippen molar-refractivity contribution in [2.45, 2.75) is 26.2 Å². The Morgan fingerprint density at radius 2 is 2.12 bits per heavy atom. The Morgan fingerprint density at radius 1 is 1.38 bits per heavy atom. The highest BCUT2D eigenvalue weighted by atomic mass is 19.1. The molecule has 0 aliphatic carbocycles. The fourth-order valence-electron chi connectivity index (χ4n) is 1.74. The van der Waals surface area contributed by atoms with Crippen molar-refractivity contribution in [3.63, 3.8) is 0 Å². The molecule has 0 radical (unpaired) electrons. The topological polar surface area (TPSA) is 20.3 Å². The van der Waals surface area contributed by atoms with Gasteiger partial charge in [-0.15, -0.1) is 0 Å². The molecule has 0 aliphatic heterocycles. The molecule has 0 bridgehead atoms. The van der Waals surface area contributed by atoms with Gasteiger partial charge >= 0.3 is 0 Å². The lowest BCUT2D eigenvalue weighted by atomic mass is 10.1. The number of hydrogen-bond acceptors (Lipinski definition) is 2. The molecule has 0 saturated carbocycles. The largest absolute Gasteiger partial charge is 0.372 e. The van der Waals surface area contributed by atoms with Crippen LogP contribution in [0.3, 0.4) is 0 Å². The summed E-state index contributed by atoms with van der Waals surface area (Å²) in [5.41, 5.74) is 0.826. The summed E-state index contributed by atoms with van der Waals surface area (Å²) in [4.78, 5) is 12.6. The zero-order valence-corrected chi connectivity index (χ0v) is 9.87. The molecule has 0 aliphatic rings. The highest BCUT2D eigenvalue weighted by molar-refractivity contribution is 5.84. The summed E-state index contributed by atoms with van der Waals surface area (Å²) in [6.07, 6.45) is 3.97. The van der Waals surface area contributed by atoms with E-state index in [2.05, 4.69) is 6.92 Å². The molecule has 1 aromatic carbocycles. The van der Waals surface area contributed by atoms with E-state index in [0.29, 0.717) is 17.5 Å². The third kappa shape index (κ3) is 3.05. The zero-order chi connectivity index (χ0) is 12.0. The van der Waals surface area contributed by atoms with E-state index < -0.39 is 0 Å². The average molecular weight is 223 g/mol. The number of aldehydes is 1. The Balaban J connectivity index is 2.80. The van der Waals surface area contributed by atoms with Crippen LogP contribution >= 0.6 is 0 Å². The highest BCUT2D eigenvalue weighted by Gasteiger charge is 2.11. The van der Waals surface area contributed by atoms with Gasteiger partial charge in [0.05, 0.1) is 5.69 Å². The smallest absolute Gasteiger partial charge is 0.152 e.